The Morgan fingerprint density at radius 2 is 2.25 bits per heavy atom. The number of piperazine rings is 1. The first-order valence-electron chi connectivity index (χ1n) is 7.01. The number of rotatable bonds is 5. The van der Waals surface area contributed by atoms with Gasteiger partial charge in [0.15, 0.2) is 0 Å². The van der Waals surface area contributed by atoms with Gasteiger partial charge in [-0.25, -0.2) is 0 Å². The van der Waals surface area contributed by atoms with Gasteiger partial charge in [0.1, 0.15) is 6.54 Å². The summed E-state index contributed by atoms with van der Waals surface area (Å²) in [6, 6.07) is 1.78. The maximum Gasteiger partial charge on any atom is 0.256 e. The molecule has 2 rings (SSSR count). The Balaban J connectivity index is 2.03. The summed E-state index contributed by atoms with van der Waals surface area (Å²) < 4.78 is 0. The molecular formula is C14H21N3O3. The molecule has 0 aliphatic carbocycles. The molecule has 0 unspecified atom stereocenters. The van der Waals surface area contributed by atoms with E-state index in [-0.39, 0.29) is 25.0 Å². The predicted molar refractivity (Wildman–Crippen MR) is 74.4 cm³/mol. The van der Waals surface area contributed by atoms with Crippen LogP contribution >= 0.6 is 0 Å². The SMILES string of the molecule is CCCc1[nH]ccc1C(=O)N1CCN(CCO)C(=O)C1. The Morgan fingerprint density at radius 1 is 1.45 bits per heavy atom. The monoisotopic (exact) mass is 279 g/mol. The summed E-state index contributed by atoms with van der Waals surface area (Å²) in [6.45, 7) is 3.45. The highest BCUT2D eigenvalue weighted by molar-refractivity contribution is 5.98. The lowest BCUT2D eigenvalue weighted by Gasteiger charge is -2.34. The van der Waals surface area contributed by atoms with Crippen molar-refractivity contribution >= 4 is 11.8 Å². The van der Waals surface area contributed by atoms with Crippen molar-refractivity contribution in [1.82, 2.24) is 14.8 Å². The number of H-pyrrole nitrogens is 1. The second kappa shape index (κ2) is 6.56. The van der Waals surface area contributed by atoms with E-state index >= 15 is 0 Å². The number of carbonyl (C=O) groups is 2. The second-order valence-corrected chi connectivity index (χ2v) is 4.95. The molecule has 2 N–H and O–H groups in total. The molecule has 0 spiro atoms. The number of carbonyl (C=O) groups excluding carboxylic acids is 2. The average molecular weight is 279 g/mol. The smallest absolute Gasteiger partial charge is 0.256 e. The molecule has 6 heteroatoms. The zero-order valence-electron chi connectivity index (χ0n) is 11.8. The van der Waals surface area contributed by atoms with Gasteiger partial charge >= 0.3 is 0 Å². The van der Waals surface area contributed by atoms with Crippen molar-refractivity contribution in [2.45, 2.75) is 19.8 Å². The Labute approximate surface area is 118 Å². The standard InChI is InChI=1S/C14H21N3O3/c1-2-3-12-11(4-5-15-12)14(20)17-7-6-16(8-9-18)13(19)10-17/h4-5,15,18H,2-3,6-10H2,1H3. The van der Waals surface area contributed by atoms with Crippen LogP contribution in [0.1, 0.15) is 29.4 Å². The van der Waals surface area contributed by atoms with E-state index < -0.39 is 0 Å². The van der Waals surface area contributed by atoms with Gasteiger partial charge in [-0.05, 0) is 12.5 Å². The van der Waals surface area contributed by atoms with Crippen molar-refractivity contribution in [3.05, 3.63) is 23.5 Å². The molecule has 20 heavy (non-hydrogen) atoms. The first kappa shape index (κ1) is 14.6. The predicted octanol–water partition coefficient (Wildman–Crippen LogP) is 0.244. The number of aryl methyl sites for hydroxylation is 1. The fraction of sp³-hybridized carbons (Fsp3) is 0.571. The van der Waals surface area contributed by atoms with Crippen LogP contribution in [0.3, 0.4) is 0 Å². The molecule has 2 amide bonds. The third-order valence-corrected chi connectivity index (χ3v) is 3.54. The molecule has 0 aromatic carbocycles. The van der Waals surface area contributed by atoms with Gasteiger partial charge in [-0.1, -0.05) is 13.3 Å². The van der Waals surface area contributed by atoms with Crippen molar-refractivity contribution in [2.24, 2.45) is 0 Å². The van der Waals surface area contributed by atoms with Crippen LogP contribution in [0.4, 0.5) is 0 Å². The molecule has 1 aromatic heterocycles. The highest BCUT2D eigenvalue weighted by Crippen LogP contribution is 2.14. The fourth-order valence-electron chi connectivity index (χ4n) is 2.47. The number of nitrogens with one attached hydrogen (secondary N) is 1. The molecule has 110 valence electrons. The van der Waals surface area contributed by atoms with Crippen molar-refractivity contribution in [2.75, 3.05) is 32.8 Å². The minimum atomic E-state index is -0.105. The van der Waals surface area contributed by atoms with Crippen molar-refractivity contribution in [3.63, 3.8) is 0 Å². The molecule has 1 fully saturated rings. The Kier molecular flexibility index (Phi) is 4.79. The number of hydrogen-bond acceptors (Lipinski definition) is 3. The zero-order valence-corrected chi connectivity index (χ0v) is 11.8. The van der Waals surface area contributed by atoms with E-state index in [1.54, 1.807) is 22.1 Å². The van der Waals surface area contributed by atoms with E-state index in [0.717, 1.165) is 18.5 Å². The van der Waals surface area contributed by atoms with Gasteiger partial charge in [0.25, 0.3) is 5.91 Å². The molecule has 6 nitrogen and oxygen atoms in total. The van der Waals surface area contributed by atoms with Crippen LogP contribution in [0.5, 0.6) is 0 Å². The molecule has 0 saturated carbocycles. The molecule has 0 atom stereocenters. The van der Waals surface area contributed by atoms with E-state index in [2.05, 4.69) is 11.9 Å². The van der Waals surface area contributed by atoms with Crippen molar-refractivity contribution in [3.8, 4) is 0 Å². The maximum atomic E-state index is 12.5. The molecule has 0 radical (unpaired) electrons. The van der Waals surface area contributed by atoms with E-state index in [1.165, 1.54) is 0 Å². The van der Waals surface area contributed by atoms with Gasteiger partial charge in [0, 0.05) is 31.5 Å². The normalized spacial score (nSPS) is 15.8. The number of amides is 2. The van der Waals surface area contributed by atoms with E-state index in [1.807, 2.05) is 0 Å². The number of aromatic amines is 1. The second-order valence-electron chi connectivity index (χ2n) is 4.95. The number of β-amino-alcohol motifs (C(OH)–C–C–N with tert-alkyl or cyclic N) is 1. The average Bonchev–Trinajstić information content (AvgIpc) is 2.89. The Hall–Kier alpha value is -1.82. The number of nitrogens with zero attached hydrogens (tertiary/aromatic N) is 2. The summed E-state index contributed by atoms with van der Waals surface area (Å²) in [4.78, 5) is 30.6. The van der Waals surface area contributed by atoms with Gasteiger partial charge in [-0.15, -0.1) is 0 Å². The minimum absolute atomic E-state index is 0.0435. The van der Waals surface area contributed by atoms with Gasteiger partial charge in [0.2, 0.25) is 5.91 Å². The summed E-state index contributed by atoms with van der Waals surface area (Å²) >= 11 is 0. The maximum absolute atomic E-state index is 12.5. The van der Waals surface area contributed by atoms with Crippen molar-refractivity contribution < 1.29 is 14.7 Å². The summed E-state index contributed by atoms with van der Waals surface area (Å²) in [5.74, 6) is -0.196. The van der Waals surface area contributed by atoms with E-state index in [4.69, 9.17) is 5.11 Å². The topological polar surface area (TPSA) is 76.6 Å². The lowest BCUT2D eigenvalue weighted by Crippen LogP contribution is -2.52. The highest BCUT2D eigenvalue weighted by atomic mass is 16.3. The van der Waals surface area contributed by atoms with Crippen LogP contribution in [0, 0.1) is 0 Å². The summed E-state index contributed by atoms with van der Waals surface area (Å²) in [5.41, 5.74) is 1.60. The van der Waals surface area contributed by atoms with Crippen LogP contribution in [-0.2, 0) is 11.2 Å². The van der Waals surface area contributed by atoms with E-state index in [0.29, 0.717) is 25.2 Å². The molecule has 1 aliphatic heterocycles. The third kappa shape index (κ3) is 3.01. The lowest BCUT2D eigenvalue weighted by molar-refractivity contribution is -0.135. The number of aliphatic hydroxyl groups is 1. The highest BCUT2D eigenvalue weighted by Gasteiger charge is 2.28. The molecule has 1 aromatic rings. The van der Waals surface area contributed by atoms with Crippen LogP contribution in [0.15, 0.2) is 12.3 Å². The fourth-order valence-corrected chi connectivity index (χ4v) is 2.47. The summed E-state index contributed by atoms with van der Waals surface area (Å²) in [5, 5.41) is 8.88. The van der Waals surface area contributed by atoms with Crippen LogP contribution in [-0.4, -0.2) is 64.5 Å². The van der Waals surface area contributed by atoms with Crippen LogP contribution < -0.4 is 0 Å². The van der Waals surface area contributed by atoms with Gasteiger partial charge in [-0.3, -0.25) is 9.59 Å². The summed E-state index contributed by atoms with van der Waals surface area (Å²) in [7, 11) is 0. The van der Waals surface area contributed by atoms with Crippen LogP contribution in [0.2, 0.25) is 0 Å². The van der Waals surface area contributed by atoms with Gasteiger partial charge < -0.3 is 19.9 Å². The molecular weight excluding hydrogens is 258 g/mol. The molecule has 2 heterocycles. The molecule has 1 aliphatic rings. The number of hydrogen-bond donors (Lipinski definition) is 2. The zero-order chi connectivity index (χ0) is 14.5. The quantitative estimate of drug-likeness (QED) is 0.811. The third-order valence-electron chi connectivity index (χ3n) is 3.54. The first-order chi connectivity index (χ1) is 9.67. The van der Waals surface area contributed by atoms with Crippen molar-refractivity contribution in [1.29, 1.82) is 0 Å². The van der Waals surface area contributed by atoms with Gasteiger partial charge in [0.05, 0.1) is 12.2 Å². The van der Waals surface area contributed by atoms with Gasteiger partial charge in [-0.2, -0.15) is 0 Å². The largest absolute Gasteiger partial charge is 0.395 e. The summed E-state index contributed by atoms with van der Waals surface area (Å²) in [6.07, 6.45) is 3.55. The lowest BCUT2D eigenvalue weighted by atomic mass is 10.1. The minimum Gasteiger partial charge on any atom is -0.395 e. The van der Waals surface area contributed by atoms with Crippen LogP contribution in [0.25, 0.3) is 0 Å². The Morgan fingerprint density at radius 3 is 2.90 bits per heavy atom. The number of aliphatic hydroxyl groups excluding tert-OH is 1. The molecule has 1 saturated heterocycles. The Bertz CT molecular complexity index is 484. The molecule has 0 bridgehead atoms. The van der Waals surface area contributed by atoms with E-state index in [9.17, 15) is 9.59 Å². The number of aromatic nitrogens is 1. The first-order valence-corrected chi connectivity index (χ1v) is 7.01.